The lowest BCUT2D eigenvalue weighted by atomic mass is 10.0. The van der Waals surface area contributed by atoms with Crippen molar-refractivity contribution < 1.29 is 9.53 Å². The molecule has 0 unspecified atom stereocenters. The third-order valence-corrected chi connectivity index (χ3v) is 5.43. The Morgan fingerprint density at radius 2 is 1.83 bits per heavy atom. The SMILES string of the molecule is COc1ccc(CCN2CCC(N(CC3CC3)C(C)=O)CC2)cc1. The molecule has 0 spiro atoms. The number of carbonyl (C=O) groups is 1. The lowest BCUT2D eigenvalue weighted by Crippen LogP contribution is -2.47. The first-order chi connectivity index (χ1) is 11.7. The van der Waals surface area contributed by atoms with Gasteiger partial charge in [-0.05, 0) is 55.7 Å². The topological polar surface area (TPSA) is 32.8 Å². The Hall–Kier alpha value is -1.55. The molecule has 2 fully saturated rings. The van der Waals surface area contributed by atoms with Crippen LogP contribution in [0.15, 0.2) is 24.3 Å². The fourth-order valence-corrected chi connectivity index (χ4v) is 3.65. The number of ether oxygens (including phenoxy) is 1. The summed E-state index contributed by atoms with van der Waals surface area (Å²) in [7, 11) is 1.70. The Morgan fingerprint density at radius 1 is 1.17 bits per heavy atom. The summed E-state index contributed by atoms with van der Waals surface area (Å²) in [6.07, 6.45) is 5.94. The zero-order valence-corrected chi connectivity index (χ0v) is 15.0. The standard InChI is InChI=1S/C20H30N2O2/c1-16(23)22(15-18-3-4-18)19-10-13-21(14-11-19)12-9-17-5-7-20(24-2)8-6-17/h5-8,18-19H,3-4,9-15H2,1-2H3. The van der Waals surface area contributed by atoms with Gasteiger partial charge in [-0.2, -0.15) is 0 Å². The van der Waals surface area contributed by atoms with Crippen LogP contribution >= 0.6 is 0 Å². The lowest BCUT2D eigenvalue weighted by Gasteiger charge is -2.38. The van der Waals surface area contributed by atoms with Crippen molar-refractivity contribution in [2.24, 2.45) is 5.92 Å². The van der Waals surface area contributed by atoms with Crippen LogP contribution in [0.3, 0.4) is 0 Å². The molecule has 1 aromatic carbocycles. The van der Waals surface area contributed by atoms with Crippen molar-refractivity contribution in [3.8, 4) is 5.75 Å². The van der Waals surface area contributed by atoms with Crippen LogP contribution < -0.4 is 4.74 Å². The summed E-state index contributed by atoms with van der Waals surface area (Å²) in [4.78, 5) is 16.6. The molecule has 4 heteroatoms. The minimum atomic E-state index is 0.263. The predicted molar refractivity (Wildman–Crippen MR) is 96.3 cm³/mol. The van der Waals surface area contributed by atoms with Crippen LogP contribution in [0.1, 0.15) is 38.2 Å². The van der Waals surface area contributed by atoms with E-state index in [1.54, 1.807) is 14.0 Å². The molecule has 1 heterocycles. The Labute approximate surface area is 145 Å². The van der Waals surface area contributed by atoms with Crippen molar-refractivity contribution in [3.05, 3.63) is 29.8 Å². The smallest absolute Gasteiger partial charge is 0.219 e. The number of carbonyl (C=O) groups excluding carboxylic acids is 1. The maximum absolute atomic E-state index is 12.0. The monoisotopic (exact) mass is 330 g/mol. The molecule has 0 atom stereocenters. The molecule has 1 saturated carbocycles. The highest BCUT2D eigenvalue weighted by Gasteiger charge is 2.31. The average molecular weight is 330 g/mol. The van der Waals surface area contributed by atoms with Gasteiger partial charge in [-0.3, -0.25) is 4.79 Å². The van der Waals surface area contributed by atoms with Crippen LogP contribution in [0.25, 0.3) is 0 Å². The highest BCUT2D eigenvalue weighted by molar-refractivity contribution is 5.73. The first-order valence-corrected chi connectivity index (χ1v) is 9.28. The molecule has 1 amide bonds. The van der Waals surface area contributed by atoms with E-state index in [9.17, 15) is 4.79 Å². The molecule has 0 bridgehead atoms. The zero-order chi connectivity index (χ0) is 16.9. The first kappa shape index (κ1) is 17.3. The fraction of sp³-hybridized carbons (Fsp3) is 0.650. The Bertz CT molecular complexity index is 531. The van der Waals surface area contributed by atoms with Gasteiger partial charge in [-0.25, -0.2) is 0 Å². The first-order valence-electron chi connectivity index (χ1n) is 9.28. The van der Waals surface area contributed by atoms with Crippen LogP contribution in [-0.4, -0.2) is 55.0 Å². The van der Waals surface area contributed by atoms with Crippen molar-refractivity contribution in [3.63, 3.8) is 0 Å². The Kier molecular flexibility index (Phi) is 5.77. The van der Waals surface area contributed by atoms with Gasteiger partial charge >= 0.3 is 0 Å². The quantitative estimate of drug-likeness (QED) is 0.770. The Balaban J connectivity index is 1.43. The van der Waals surface area contributed by atoms with E-state index >= 15 is 0 Å². The minimum absolute atomic E-state index is 0.263. The number of benzene rings is 1. The molecule has 3 rings (SSSR count). The number of hydrogen-bond donors (Lipinski definition) is 0. The molecule has 2 aliphatic rings. The molecule has 1 aliphatic carbocycles. The summed E-state index contributed by atoms with van der Waals surface area (Å²) in [5, 5.41) is 0. The molecular formula is C20H30N2O2. The van der Waals surface area contributed by atoms with Crippen LogP contribution in [0, 0.1) is 5.92 Å². The highest BCUT2D eigenvalue weighted by atomic mass is 16.5. The molecule has 132 valence electrons. The number of hydrogen-bond acceptors (Lipinski definition) is 3. The molecule has 1 aromatic rings. The van der Waals surface area contributed by atoms with Crippen LogP contribution in [0.5, 0.6) is 5.75 Å². The van der Waals surface area contributed by atoms with Crippen molar-refractivity contribution >= 4 is 5.91 Å². The van der Waals surface area contributed by atoms with Gasteiger partial charge in [0.2, 0.25) is 5.91 Å². The Morgan fingerprint density at radius 3 is 2.38 bits per heavy atom. The summed E-state index contributed by atoms with van der Waals surface area (Å²) < 4.78 is 5.21. The van der Waals surface area contributed by atoms with E-state index in [0.29, 0.717) is 6.04 Å². The van der Waals surface area contributed by atoms with E-state index in [4.69, 9.17) is 4.74 Å². The number of rotatable bonds is 7. The second kappa shape index (κ2) is 8.02. The number of methoxy groups -OCH3 is 1. The van der Waals surface area contributed by atoms with Crippen molar-refractivity contribution in [1.82, 2.24) is 9.80 Å². The van der Waals surface area contributed by atoms with E-state index in [1.807, 2.05) is 12.1 Å². The number of nitrogens with zero attached hydrogens (tertiary/aromatic N) is 2. The molecule has 4 nitrogen and oxygen atoms in total. The van der Waals surface area contributed by atoms with Gasteiger partial charge in [0.05, 0.1) is 7.11 Å². The van der Waals surface area contributed by atoms with Gasteiger partial charge in [0.1, 0.15) is 5.75 Å². The summed E-state index contributed by atoms with van der Waals surface area (Å²) in [6, 6.07) is 8.83. The maximum Gasteiger partial charge on any atom is 0.219 e. The van der Waals surface area contributed by atoms with Crippen LogP contribution in [0.2, 0.25) is 0 Å². The molecule has 0 radical (unpaired) electrons. The van der Waals surface area contributed by atoms with Crippen LogP contribution in [-0.2, 0) is 11.2 Å². The average Bonchev–Trinajstić information content (AvgIpc) is 3.43. The minimum Gasteiger partial charge on any atom is -0.497 e. The summed E-state index contributed by atoms with van der Waals surface area (Å²) >= 11 is 0. The number of piperidine rings is 1. The lowest BCUT2D eigenvalue weighted by molar-refractivity contribution is -0.132. The molecule has 24 heavy (non-hydrogen) atoms. The molecule has 1 saturated heterocycles. The predicted octanol–water partition coefficient (Wildman–Crippen LogP) is 2.96. The second-order valence-electron chi connectivity index (χ2n) is 7.29. The third-order valence-electron chi connectivity index (χ3n) is 5.43. The van der Waals surface area contributed by atoms with E-state index < -0.39 is 0 Å². The van der Waals surface area contributed by atoms with Crippen molar-refractivity contribution in [1.29, 1.82) is 0 Å². The second-order valence-corrected chi connectivity index (χ2v) is 7.29. The summed E-state index contributed by atoms with van der Waals surface area (Å²) in [6.45, 7) is 6.04. The molecule has 1 aliphatic heterocycles. The van der Waals surface area contributed by atoms with Gasteiger partial charge in [-0.15, -0.1) is 0 Å². The van der Waals surface area contributed by atoms with E-state index in [1.165, 1.54) is 18.4 Å². The van der Waals surface area contributed by atoms with E-state index in [2.05, 4.69) is 21.9 Å². The van der Waals surface area contributed by atoms with Gasteiger partial charge < -0.3 is 14.5 Å². The third kappa shape index (κ3) is 4.73. The molecular weight excluding hydrogens is 300 g/mol. The van der Waals surface area contributed by atoms with E-state index in [0.717, 1.165) is 57.1 Å². The normalized spacial score (nSPS) is 19.2. The van der Waals surface area contributed by atoms with Crippen LogP contribution in [0.4, 0.5) is 0 Å². The van der Waals surface area contributed by atoms with Crippen molar-refractivity contribution in [2.75, 3.05) is 33.3 Å². The fourth-order valence-electron chi connectivity index (χ4n) is 3.65. The summed E-state index contributed by atoms with van der Waals surface area (Å²) in [5.74, 6) is 1.96. The zero-order valence-electron chi connectivity index (χ0n) is 15.0. The largest absolute Gasteiger partial charge is 0.497 e. The molecule has 0 aromatic heterocycles. The van der Waals surface area contributed by atoms with Gasteiger partial charge in [0.25, 0.3) is 0 Å². The van der Waals surface area contributed by atoms with Gasteiger partial charge in [-0.1, -0.05) is 12.1 Å². The van der Waals surface area contributed by atoms with Gasteiger partial charge in [0, 0.05) is 39.1 Å². The maximum atomic E-state index is 12.0. The van der Waals surface area contributed by atoms with E-state index in [-0.39, 0.29) is 5.91 Å². The molecule has 0 N–H and O–H groups in total. The number of likely N-dealkylation sites (tertiary alicyclic amines) is 1. The summed E-state index contributed by atoms with van der Waals surface area (Å²) in [5.41, 5.74) is 1.36. The van der Waals surface area contributed by atoms with Crippen molar-refractivity contribution in [2.45, 2.75) is 45.1 Å². The van der Waals surface area contributed by atoms with Gasteiger partial charge in [0.15, 0.2) is 0 Å². The number of amides is 1. The highest BCUT2D eigenvalue weighted by Crippen LogP contribution is 2.31.